The van der Waals surface area contributed by atoms with Crippen molar-refractivity contribution in [3.8, 4) is 12.3 Å². The molecule has 7 heteroatoms. The molecule has 186 valence electrons. The van der Waals surface area contributed by atoms with Gasteiger partial charge >= 0.3 is 5.69 Å². The molecular weight excluding hydrogens is 468 g/mol. The van der Waals surface area contributed by atoms with Gasteiger partial charge in [0.25, 0.3) is 5.56 Å². The van der Waals surface area contributed by atoms with Gasteiger partial charge in [0, 0.05) is 12.6 Å². The third kappa shape index (κ3) is 3.74. The first-order valence-corrected chi connectivity index (χ1v) is 11.9. The summed E-state index contributed by atoms with van der Waals surface area (Å²) in [5.41, 5.74) is -2.04. The van der Waals surface area contributed by atoms with Crippen LogP contribution in [0.2, 0.25) is 0 Å². The minimum Gasteiger partial charge on any atom is -0.394 e. The average Bonchev–Trinajstić information content (AvgIpc) is 3.28. The third-order valence-corrected chi connectivity index (χ3v) is 7.13. The molecule has 3 N–H and O–H groups in total. The summed E-state index contributed by atoms with van der Waals surface area (Å²) in [6, 6.07) is 28.6. The SMILES string of the molecule is C#Cc1cn([C@@]2(C(c3ccccc3)(c3ccccc3)c3ccccc3)C[C@H](O)[C@@H](CO)O2)c(=O)[nH]c1=O. The van der Waals surface area contributed by atoms with Crippen LogP contribution in [-0.2, 0) is 15.9 Å². The number of aromatic nitrogens is 2. The van der Waals surface area contributed by atoms with Gasteiger partial charge in [-0.25, -0.2) is 4.79 Å². The number of aliphatic hydroxyl groups excluding tert-OH is 2. The van der Waals surface area contributed by atoms with Gasteiger partial charge in [-0.05, 0) is 16.7 Å². The molecule has 0 amide bonds. The molecule has 0 radical (unpaired) electrons. The zero-order valence-corrected chi connectivity index (χ0v) is 20.0. The molecule has 7 nitrogen and oxygen atoms in total. The van der Waals surface area contributed by atoms with Gasteiger partial charge in [-0.2, -0.15) is 0 Å². The maximum atomic E-state index is 13.6. The van der Waals surface area contributed by atoms with Gasteiger partial charge in [-0.1, -0.05) is 96.9 Å². The number of hydrogen-bond donors (Lipinski definition) is 3. The summed E-state index contributed by atoms with van der Waals surface area (Å²) in [6.45, 7) is -0.475. The van der Waals surface area contributed by atoms with E-state index in [9.17, 15) is 19.8 Å². The zero-order chi connectivity index (χ0) is 26.0. The summed E-state index contributed by atoms with van der Waals surface area (Å²) in [6.07, 6.45) is 4.73. The Labute approximate surface area is 213 Å². The van der Waals surface area contributed by atoms with E-state index in [1.807, 2.05) is 91.0 Å². The number of H-pyrrole nitrogens is 1. The number of hydrogen-bond acceptors (Lipinski definition) is 5. The molecule has 0 saturated carbocycles. The zero-order valence-electron chi connectivity index (χ0n) is 20.0. The largest absolute Gasteiger partial charge is 0.394 e. The lowest BCUT2D eigenvalue weighted by molar-refractivity contribution is -0.147. The molecule has 1 aromatic heterocycles. The van der Waals surface area contributed by atoms with Crippen LogP contribution in [0.1, 0.15) is 28.7 Å². The van der Waals surface area contributed by atoms with E-state index in [4.69, 9.17) is 11.2 Å². The van der Waals surface area contributed by atoms with E-state index in [1.165, 1.54) is 10.8 Å². The van der Waals surface area contributed by atoms with Crippen LogP contribution < -0.4 is 11.2 Å². The minimum atomic E-state index is -1.64. The van der Waals surface area contributed by atoms with Crippen molar-refractivity contribution in [3.05, 3.63) is 140 Å². The fourth-order valence-electron chi connectivity index (χ4n) is 5.61. The Bertz CT molecular complexity index is 1440. The van der Waals surface area contributed by atoms with Crippen LogP contribution in [0.15, 0.2) is 107 Å². The first kappa shape index (κ1) is 24.5. The van der Waals surface area contributed by atoms with Crippen molar-refractivity contribution in [1.29, 1.82) is 0 Å². The molecule has 1 fully saturated rings. The molecular formula is C30H26N2O5. The Morgan fingerprint density at radius 1 is 0.946 bits per heavy atom. The number of aromatic amines is 1. The predicted octanol–water partition coefficient (Wildman–Crippen LogP) is 2.35. The highest BCUT2D eigenvalue weighted by Gasteiger charge is 2.63. The topological polar surface area (TPSA) is 105 Å². The van der Waals surface area contributed by atoms with Crippen molar-refractivity contribution >= 4 is 0 Å². The van der Waals surface area contributed by atoms with Gasteiger partial charge in [0.05, 0.1) is 18.1 Å². The van der Waals surface area contributed by atoms with Gasteiger partial charge in [0.2, 0.25) is 0 Å². The number of nitrogens with one attached hydrogen (secondary N) is 1. The molecule has 1 aliphatic rings. The van der Waals surface area contributed by atoms with E-state index in [-0.39, 0.29) is 12.0 Å². The molecule has 2 heterocycles. The van der Waals surface area contributed by atoms with Crippen molar-refractivity contribution in [3.63, 3.8) is 0 Å². The summed E-state index contributed by atoms with van der Waals surface area (Å²) in [7, 11) is 0. The molecule has 1 aliphatic heterocycles. The van der Waals surface area contributed by atoms with Gasteiger partial charge in [-0.3, -0.25) is 14.3 Å². The number of aliphatic hydroxyl groups is 2. The van der Waals surface area contributed by atoms with E-state index >= 15 is 0 Å². The summed E-state index contributed by atoms with van der Waals surface area (Å²) in [5.74, 6) is 2.34. The molecule has 0 spiro atoms. The molecule has 5 rings (SSSR count). The van der Waals surface area contributed by atoms with Crippen LogP contribution in [0.4, 0.5) is 0 Å². The summed E-state index contributed by atoms with van der Waals surface area (Å²) < 4.78 is 7.89. The number of rotatable bonds is 6. The molecule has 4 aromatic rings. The first-order chi connectivity index (χ1) is 18.0. The van der Waals surface area contributed by atoms with E-state index < -0.39 is 41.2 Å². The van der Waals surface area contributed by atoms with E-state index in [0.29, 0.717) is 0 Å². The van der Waals surface area contributed by atoms with Gasteiger partial charge < -0.3 is 14.9 Å². The quantitative estimate of drug-likeness (QED) is 0.282. The van der Waals surface area contributed by atoms with Gasteiger partial charge in [0.15, 0.2) is 5.72 Å². The van der Waals surface area contributed by atoms with E-state index in [1.54, 1.807) is 0 Å². The lowest BCUT2D eigenvalue weighted by atomic mass is 9.61. The van der Waals surface area contributed by atoms with Crippen molar-refractivity contribution in [1.82, 2.24) is 9.55 Å². The van der Waals surface area contributed by atoms with E-state index in [2.05, 4.69) is 10.9 Å². The Morgan fingerprint density at radius 2 is 1.43 bits per heavy atom. The highest BCUT2D eigenvalue weighted by atomic mass is 16.6. The molecule has 0 bridgehead atoms. The van der Waals surface area contributed by atoms with Crippen molar-refractivity contribution in [2.45, 2.75) is 29.8 Å². The maximum Gasteiger partial charge on any atom is 0.330 e. The maximum absolute atomic E-state index is 13.6. The normalized spacial score (nSPS) is 21.4. The van der Waals surface area contributed by atoms with Crippen LogP contribution in [0, 0.1) is 12.3 Å². The van der Waals surface area contributed by atoms with Gasteiger partial charge in [-0.15, -0.1) is 6.42 Å². The monoisotopic (exact) mass is 494 g/mol. The van der Waals surface area contributed by atoms with Crippen LogP contribution in [-0.4, -0.2) is 38.6 Å². The highest BCUT2D eigenvalue weighted by Crippen LogP contribution is 2.56. The third-order valence-electron chi connectivity index (χ3n) is 7.13. The number of benzene rings is 3. The van der Waals surface area contributed by atoms with Crippen molar-refractivity contribution < 1.29 is 14.9 Å². The van der Waals surface area contributed by atoms with Crippen molar-refractivity contribution in [2.24, 2.45) is 0 Å². The molecule has 0 aliphatic carbocycles. The molecule has 1 saturated heterocycles. The second kappa shape index (κ2) is 9.68. The summed E-state index contributed by atoms with van der Waals surface area (Å²) in [4.78, 5) is 28.3. The molecule has 37 heavy (non-hydrogen) atoms. The molecule has 3 aromatic carbocycles. The van der Waals surface area contributed by atoms with Crippen LogP contribution in [0.3, 0.4) is 0 Å². The number of ether oxygens (including phenoxy) is 1. The van der Waals surface area contributed by atoms with Crippen LogP contribution >= 0.6 is 0 Å². The second-order valence-corrected chi connectivity index (χ2v) is 9.06. The Hall–Kier alpha value is -4.22. The lowest BCUT2D eigenvalue weighted by Crippen LogP contribution is -2.59. The Kier molecular flexibility index (Phi) is 6.40. The average molecular weight is 495 g/mol. The Morgan fingerprint density at radius 3 is 1.84 bits per heavy atom. The summed E-state index contributed by atoms with van der Waals surface area (Å²) in [5, 5.41) is 21.3. The fourth-order valence-corrected chi connectivity index (χ4v) is 5.61. The summed E-state index contributed by atoms with van der Waals surface area (Å²) >= 11 is 0. The fraction of sp³-hybridized carbons (Fsp3) is 0.200. The van der Waals surface area contributed by atoms with Crippen LogP contribution in [0.25, 0.3) is 0 Å². The standard InChI is InChI=1S/C30H26N2O5/c1-2-21-19-32(28(36)31-27(21)35)29(18-25(34)26(20-33)37-29)30(22-12-6-3-7-13-22,23-14-8-4-9-15-23)24-16-10-5-11-17-24/h1,3-17,19,25-26,33-34H,18,20H2,(H,31,35,36)/t25-,26+,29-/m0/s1. The minimum absolute atomic E-state index is 0.0624. The van der Waals surface area contributed by atoms with Crippen LogP contribution in [0.5, 0.6) is 0 Å². The smallest absolute Gasteiger partial charge is 0.330 e. The predicted molar refractivity (Wildman–Crippen MR) is 139 cm³/mol. The van der Waals surface area contributed by atoms with Crippen molar-refractivity contribution in [2.75, 3.05) is 6.61 Å². The number of nitrogens with zero attached hydrogens (tertiary/aromatic N) is 1. The molecule has 0 unspecified atom stereocenters. The molecule has 3 atom stereocenters. The number of terminal acetylenes is 1. The lowest BCUT2D eigenvalue weighted by Gasteiger charge is -2.50. The van der Waals surface area contributed by atoms with E-state index in [0.717, 1.165) is 16.7 Å². The Balaban J connectivity index is 2.02. The highest BCUT2D eigenvalue weighted by molar-refractivity contribution is 5.54. The first-order valence-electron chi connectivity index (χ1n) is 11.9. The van der Waals surface area contributed by atoms with Gasteiger partial charge in [0.1, 0.15) is 11.7 Å². The second-order valence-electron chi connectivity index (χ2n) is 9.06.